The maximum atomic E-state index is 9.61. The first-order chi connectivity index (χ1) is 6.43. The molecular formula is C9H10Cl3NO. The number of anilines is 1. The number of nitrogens with one attached hydrogen (secondary N) is 1. The van der Waals surface area contributed by atoms with Crippen LogP contribution in [0.4, 0.5) is 5.69 Å². The minimum Gasteiger partial charge on any atom is -0.504 e. The molecule has 0 amide bonds. The van der Waals surface area contributed by atoms with E-state index in [2.05, 4.69) is 5.32 Å². The largest absolute Gasteiger partial charge is 0.504 e. The number of phenolic OH excluding ortho intramolecular Hbond substituents is 1. The second kappa shape index (κ2) is 4.47. The molecule has 0 fully saturated rings. The number of aromatic hydroxyl groups is 1. The Bertz CT molecular complexity index is 326. The molecule has 14 heavy (non-hydrogen) atoms. The van der Waals surface area contributed by atoms with Gasteiger partial charge in [0.15, 0.2) is 5.75 Å². The number of hydrogen-bond donors (Lipinski definition) is 2. The molecule has 2 N–H and O–H groups in total. The van der Waals surface area contributed by atoms with Gasteiger partial charge >= 0.3 is 0 Å². The summed E-state index contributed by atoms with van der Waals surface area (Å²) >= 11 is 17.4. The summed E-state index contributed by atoms with van der Waals surface area (Å²) in [5, 5.41) is 13.4. The Labute approximate surface area is 97.8 Å². The zero-order valence-corrected chi connectivity index (χ0v) is 10.0. The first kappa shape index (κ1) is 11.8. The van der Waals surface area contributed by atoms with Crippen LogP contribution in [0.5, 0.6) is 5.75 Å². The fourth-order valence-corrected chi connectivity index (χ4v) is 1.67. The van der Waals surface area contributed by atoms with Crippen molar-refractivity contribution in [3.63, 3.8) is 0 Å². The fourth-order valence-electron chi connectivity index (χ4n) is 1.01. The topological polar surface area (TPSA) is 32.3 Å². The summed E-state index contributed by atoms with van der Waals surface area (Å²) in [5.74, 6) is -0.0743. The van der Waals surface area contributed by atoms with Gasteiger partial charge in [0.05, 0.1) is 20.8 Å². The number of benzene rings is 1. The van der Waals surface area contributed by atoms with E-state index < -0.39 is 0 Å². The lowest BCUT2D eigenvalue weighted by molar-refractivity contribution is 0.477. The van der Waals surface area contributed by atoms with Crippen molar-refractivity contribution in [2.45, 2.75) is 19.9 Å². The van der Waals surface area contributed by atoms with Crippen molar-refractivity contribution in [1.82, 2.24) is 0 Å². The van der Waals surface area contributed by atoms with Gasteiger partial charge < -0.3 is 10.4 Å². The highest BCUT2D eigenvalue weighted by Gasteiger charge is 2.14. The molecule has 0 unspecified atom stereocenters. The van der Waals surface area contributed by atoms with Crippen LogP contribution in [0.25, 0.3) is 0 Å². The summed E-state index contributed by atoms with van der Waals surface area (Å²) in [5.41, 5.74) is 0.374. The van der Waals surface area contributed by atoms with Crippen molar-refractivity contribution in [2.75, 3.05) is 5.32 Å². The molecule has 1 aromatic rings. The highest BCUT2D eigenvalue weighted by molar-refractivity contribution is 6.45. The van der Waals surface area contributed by atoms with Crippen molar-refractivity contribution < 1.29 is 5.11 Å². The minimum atomic E-state index is -0.0743. The van der Waals surface area contributed by atoms with Crippen molar-refractivity contribution in [2.24, 2.45) is 0 Å². The van der Waals surface area contributed by atoms with Crippen LogP contribution in [0.1, 0.15) is 13.8 Å². The van der Waals surface area contributed by atoms with Gasteiger partial charge in [0, 0.05) is 6.04 Å². The summed E-state index contributed by atoms with van der Waals surface area (Å²) in [6, 6.07) is 1.54. The van der Waals surface area contributed by atoms with Gasteiger partial charge in [-0.15, -0.1) is 0 Å². The highest BCUT2D eigenvalue weighted by Crippen LogP contribution is 2.42. The van der Waals surface area contributed by atoms with Crippen LogP contribution in [-0.4, -0.2) is 11.1 Å². The first-order valence-corrected chi connectivity index (χ1v) is 5.20. The standard InChI is InChI=1S/C9H10Cl3NO/c1-4(2)13-8-7(12)5(10)3-6(11)9(8)14/h3-4,13-14H,1-2H3. The van der Waals surface area contributed by atoms with E-state index in [-0.39, 0.29) is 21.8 Å². The van der Waals surface area contributed by atoms with Gasteiger partial charge in [-0.25, -0.2) is 0 Å². The predicted molar refractivity (Wildman–Crippen MR) is 61.9 cm³/mol. The van der Waals surface area contributed by atoms with E-state index in [9.17, 15) is 5.11 Å². The van der Waals surface area contributed by atoms with Crippen molar-refractivity contribution in [3.05, 3.63) is 21.1 Å². The predicted octanol–water partition coefficient (Wildman–Crippen LogP) is 4.17. The maximum absolute atomic E-state index is 9.61. The lowest BCUT2D eigenvalue weighted by Gasteiger charge is -2.15. The van der Waals surface area contributed by atoms with Gasteiger partial charge in [0.2, 0.25) is 0 Å². The molecule has 0 aliphatic heterocycles. The summed E-state index contributed by atoms with van der Waals surface area (Å²) in [4.78, 5) is 0. The van der Waals surface area contributed by atoms with E-state index in [0.717, 1.165) is 0 Å². The van der Waals surface area contributed by atoms with Crippen LogP contribution in [-0.2, 0) is 0 Å². The van der Waals surface area contributed by atoms with Crippen LogP contribution in [0.15, 0.2) is 6.07 Å². The number of rotatable bonds is 2. The summed E-state index contributed by atoms with van der Waals surface area (Å²) in [6.45, 7) is 3.84. The third kappa shape index (κ3) is 2.38. The van der Waals surface area contributed by atoms with Crippen molar-refractivity contribution in [1.29, 1.82) is 0 Å². The molecule has 0 saturated carbocycles. The fraction of sp³-hybridized carbons (Fsp3) is 0.333. The Kier molecular flexibility index (Phi) is 3.76. The second-order valence-electron chi connectivity index (χ2n) is 3.18. The molecule has 2 nitrogen and oxygen atoms in total. The number of phenols is 1. The molecule has 0 aliphatic rings. The molecule has 0 atom stereocenters. The molecule has 78 valence electrons. The van der Waals surface area contributed by atoms with Crippen LogP contribution in [0.3, 0.4) is 0 Å². The highest BCUT2D eigenvalue weighted by atomic mass is 35.5. The quantitative estimate of drug-likeness (QED) is 0.613. The Morgan fingerprint density at radius 2 is 1.79 bits per heavy atom. The average molecular weight is 255 g/mol. The van der Waals surface area contributed by atoms with Gasteiger partial charge in [0.1, 0.15) is 0 Å². The Hall–Kier alpha value is -0.310. The second-order valence-corrected chi connectivity index (χ2v) is 4.37. The monoisotopic (exact) mass is 253 g/mol. The van der Waals surface area contributed by atoms with Crippen LogP contribution in [0, 0.1) is 0 Å². The molecule has 0 aliphatic carbocycles. The van der Waals surface area contributed by atoms with Crippen molar-refractivity contribution >= 4 is 40.5 Å². The third-order valence-corrected chi connectivity index (χ3v) is 2.65. The van der Waals surface area contributed by atoms with Gasteiger partial charge in [-0.05, 0) is 19.9 Å². The lowest BCUT2D eigenvalue weighted by atomic mass is 10.2. The molecule has 0 bridgehead atoms. The summed E-state index contributed by atoms with van der Waals surface area (Å²) in [7, 11) is 0. The van der Waals surface area contributed by atoms with Gasteiger partial charge in [-0.2, -0.15) is 0 Å². The smallest absolute Gasteiger partial charge is 0.159 e. The average Bonchev–Trinajstić information content (AvgIpc) is 2.09. The van der Waals surface area contributed by atoms with E-state index in [1.807, 2.05) is 13.8 Å². The molecule has 0 spiro atoms. The van der Waals surface area contributed by atoms with Crippen LogP contribution < -0.4 is 5.32 Å². The normalized spacial score (nSPS) is 10.7. The SMILES string of the molecule is CC(C)Nc1c(O)c(Cl)cc(Cl)c1Cl. The van der Waals surface area contributed by atoms with Crippen molar-refractivity contribution in [3.8, 4) is 5.75 Å². The van der Waals surface area contributed by atoms with E-state index >= 15 is 0 Å². The molecule has 1 aromatic carbocycles. The van der Waals surface area contributed by atoms with Crippen LogP contribution in [0.2, 0.25) is 15.1 Å². The Morgan fingerprint density at radius 1 is 1.21 bits per heavy atom. The molecule has 0 aromatic heterocycles. The van der Waals surface area contributed by atoms with Crippen LogP contribution >= 0.6 is 34.8 Å². The molecule has 0 saturated heterocycles. The number of hydrogen-bond acceptors (Lipinski definition) is 2. The zero-order valence-electron chi connectivity index (χ0n) is 7.74. The maximum Gasteiger partial charge on any atom is 0.159 e. The minimum absolute atomic E-state index is 0.0743. The Balaban J connectivity index is 3.25. The molecule has 0 radical (unpaired) electrons. The number of halogens is 3. The lowest BCUT2D eigenvalue weighted by Crippen LogP contribution is -2.10. The summed E-state index contributed by atoms with van der Waals surface area (Å²) < 4.78 is 0. The van der Waals surface area contributed by atoms with E-state index in [1.165, 1.54) is 6.07 Å². The zero-order chi connectivity index (χ0) is 10.9. The van der Waals surface area contributed by atoms with E-state index in [1.54, 1.807) is 0 Å². The molecule has 1 rings (SSSR count). The first-order valence-electron chi connectivity index (χ1n) is 4.06. The Morgan fingerprint density at radius 3 is 2.29 bits per heavy atom. The molecule has 0 heterocycles. The summed E-state index contributed by atoms with van der Waals surface area (Å²) in [6.07, 6.45) is 0. The van der Waals surface area contributed by atoms with Gasteiger partial charge in [-0.3, -0.25) is 0 Å². The molecule has 5 heteroatoms. The third-order valence-electron chi connectivity index (χ3n) is 1.58. The van der Waals surface area contributed by atoms with E-state index in [0.29, 0.717) is 10.7 Å². The molecular weight excluding hydrogens is 244 g/mol. The van der Waals surface area contributed by atoms with E-state index in [4.69, 9.17) is 34.8 Å². The van der Waals surface area contributed by atoms with Gasteiger partial charge in [0.25, 0.3) is 0 Å². The van der Waals surface area contributed by atoms with Gasteiger partial charge in [-0.1, -0.05) is 34.8 Å².